The van der Waals surface area contributed by atoms with Gasteiger partial charge in [-0.2, -0.15) is 0 Å². The predicted molar refractivity (Wildman–Crippen MR) is 610 cm³/mol. The highest BCUT2D eigenvalue weighted by molar-refractivity contribution is 6.41. The average Bonchev–Trinajstić information content (AvgIpc) is 1.50. The SMILES string of the molecule is Cc1ccc(N(c2ccccc2)c2ccc3c(c2)c2cccc4c5c(-c6ccccc6)c6c(c(-c7ccccc7)c5n3c24)c2cc(-c3cccc(-c4c5c7cccc8c9cc(N(c%10ccccc%10)c%10cccc(C)c%10)ccc9n(c5c(-c5ccccc5)c5c9cccc%10c%11cc(N(c%12ccccc%12)c%12cccc(C)c%12)ccc%11n(c45)c%109)c87)c3)cc3c4cc(N(c5ccccc5)c5ccc(C)cc5)ccc4n6c32)cc1. The summed E-state index contributed by atoms with van der Waals surface area (Å²) < 4.78 is 10.7. The minimum Gasteiger partial charge on any atom is -0.310 e. The van der Waals surface area contributed by atoms with Crippen LogP contribution in [0.3, 0.4) is 0 Å². The summed E-state index contributed by atoms with van der Waals surface area (Å²) in [7, 11) is 0. The fraction of sp³-hybridized carbons (Fsp3) is 0.0294. The Morgan fingerprint density at radius 3 is 0.708 bits per heavy atom. The van der Waals surface area contributed by atoms with E-state index in [4.69, 9.17) is 0 Å². The van der Waals surface area contributed by atoms with Crippen molar-refractivity contribution in [3.05, 3.63) is 495 Å². The van der Waals surface area contributed by atoms with E-state index in [-0.39, 0.29) is 0 Å². The smallest absolute Gasteiger partial charge is 0.0634 e. The van der Waals surface area contributed by atoms with Gasteiger partial charge in [0.1, 0.15) is 0 Å². The molecular formula is C136H90N8. The third kappa shape index (κ3) is 11.9. The average molecular weight is 1840 g/mol. The third-order valence-electron chi connectivity index (χ3n) is 30.9. The molecule has 30 aromatic rings. The van der Waals surface area contributed by atoms with E-state index in [0.717, 1.165) is 135 Å². The maximum Gasteiger partial charge on any atom is 0.0634 e. The standard InChI is InChI=1S/C136H90N8/c1-83-58-62-97(63-59-83)137(93-42-18-8-19-43-93)101-66-70-117-111(79-101)105-52-29-55-108-125-122(88-36-14-6-15-37-88)135-128(123(89-38-16-7-17-39-89)134(125)142(117)129(105)108)116-78-92(77-115-114-82-102(67-73-120(114)144(135)132(115)116)138(94-44-20-9-21-45-94)98-64-60-84(2)61-65-98)90-40-28-41-91(76-90)124-127-110-57-31-54-107-112-80-103(139(95-46-22-10-23-47-95)99-50-26-32-85(3)74-99)68-71-118(112)141(131(107)110)133(127)121(87-34-12-5-13-35-87)126-109-56-30-53-106-113-81-104(69-72-119(113)143(130(106)109)136(124)126)140(96-48-24-11-25-49-96)100-51-27-33-86(4)75-100/h5-82H,1-4H3. The molecule has 0 aliphatic carbocycles. The fourth-order valence-corrected chi connectivity index (χ4v) is 25.0. The van der Waals surface area contributed by atoms with Gasteiger partial charge < -0.3 is 37.2 Å². The molecule has 30 rings (SSSR count). The van der Waals surface area contributed by atoms with Crippen LogP contribution in [0.5, 0.6) is 0 Å². The van der Waals surface area contributed by atoms with Crippen LogP contribution in [0, 0.1) is 27.7 Å². The molecule has 0 radical (unpaired) electrons. The number of nitrogens with zero attached hydrogens (tertiary/aromatic N) is 8. The van der Waals surface area contributed by atoms with Gasteiger partial charge >= 0.3 is 0 Å². The van der Waals surface area contributed by atoms with Crippen LogP contribution >= 0.6 is 0 Å². The van der Waals surface area contributed by atoms with Gasteiger partial charge in [0.15, 0.2) is 0 Å². The Balaban J connectivity index is 0.736. The van der Waals surface area contributed by atoms with Gasteiger partial charge in [0.2, 0.25) is 0 Å². The van der Waals surface area contributed by atoms with E-state index in [0.29, 0.717) is 0 Å². The zero-order valence-corrected chi connectivity index (χ0v) is 79.6. The molecule has 0 aliphatic heterocycles. The lowest BCUT2D eigenvalue weighted by Crippen LogP contribution is -2.09. The molecule has 144 heavy (non-hydrogen) atoms. The van der Waals surface area contributed by atoms with Crippen molar-refractivity contribution in [2.24, 2.45) is 0 Å². The zero-order valence-electron chi connectivity index (χ0n) is 79.6. The van der Waals surface area contributed by atoms with Crippen molar-refractivity contribution in [2.75, 3.05) is 19.6 Å². The second-order valence-electron chi connectivity index (χ2n) is 39.3. The number of anilines is 12. The van der Waals surface area contributed by atoms with Crippen molar-refractivity contribution in [1.29, 1.82) is 0 Å². The van der Waals surface area contributed by atoms with Crippen molar-refractivity contribution in [3.63, 3.8) is 0 Å². The number of hydrogen-bond acceptors (Lipinski definition) is 4. The lowest BCUT2D eigenvalue weighted by atomic mass is 9.87. The minimum absolute atomic E-state index is 1.07. The third-order valence-corrected chi connectivity index (χ3v) is 30.9. The van der Waals surface area contributed by atoms with Crippen LogP contribution in [-0.2, 0) is 0 Å². The summed E-state index contributed by atoms with van der Waals surface area (Å²) in [4.78, 5) is 9.68. The molecule has 0 aliphatic rings. The molecule has 8 aromatic heterocycles. The molecule has 0 spiro atoms. The summed E-state index contributed by atoms with van der Waals surface area (Å²) in [6, 6.07) is 178. The summed E-state index contributed by atoms with van der Waals surface area (Å²) in [5.74, 6) is 0. The highest BCUT2D eigenvalue weighted by Crippen LogP contribution is 2.60. The van der Waals surface area contributed by atoms with E-state index in [1.165, 1.54) is 164 Å². The quantitative estimate of drug-likeness (QED) is 0.0909. The Kier molecular flexibility index (Phi) is 17.7. The monoisotopic (exact) mass is 1830 g/mol. The van der Waals surface area contributed by atoms with Crippen LogP contribution in [0.1, 0.15) is 22.3 Å². The molecule has 0 fully saturated rings. The predicted octanol–water partition coefficient (Wildman–Crippen LogP) is 37.7. The highest BCUT2D eigenvalue weighted by atomic mass is 15.2. The van der Waals surface area contributed by atoms with E-state index in [9.17, 15) is 0 Å². The summed E-state index contributed by atoms with van der Waals surface area (Å²) in [6.45, 7) is 8.72. The van der Waals surface area contributed by atoms with Crippen molar-refractivity contribution in [3.8, 4) is 55.6 Å². The van der Waals surface area contributed by atoms with Gasteiger partial charge in [0.25, 0.3) is 0 Å². The van der Waals surface area contributed by atoms with Crippen molar-refractivity contribution in [1.82, 2.24) is 17.6 Å². The maximum atomic E-state index is 2.68. The Hall–Kier alpha value is -18.8. The Morgan fingerprint density at radius 2 is 0.368 bits per heavy atom. The van der Waals surface area contributed by atoms with Crippen molar-refractivity contribution >= 4 is 221 Å². The second kappa shape index (κ2) is 31.4. The van der Waals surface area contributed by atoms with Gasteiger partial charge in [-0.15, -0.1) is 0 Å². The Labute approximate surface area is 830 Å². The first-order chi connectivity index (χ1) is 71.1. The summed E-state index contributed by atoms with van der Waals surface area (Å²) in [6.07, 6.45) is 0. The van der Waals surface area contributed by atoms with E-state index in [1.54, 1.807) is 0 Å². The van der Waals surface area contributed by atoms with Crippen molar-refractivity contribution in [2.45, 2.75) is 27.7 Å². The van der Waals surface area contributed by atoms with Crippen LogP contribution in [-0.4, -0.2) is 17.6 Å². The first kappa shape index (κ1) is 81.3. The molecule has 0 bridgehead atoms. The first-order valence-corrected chi connectivity index (χ1v) is 49.9. The lowest BCUT2D eigenvalue weighted by molar-refractivity contribution is 1.27. The molecule has 22 aromatic carbocycles. The van der Waals surface area contributed by atoms with E-state index < -0.39 is 0 Å². The lowest BCUT2D eigenvalue weighted by Gasteiger charge is -2.26. The molecule has 8 nitrogen and oxygen atoms in total. The fourth-order valence-electron chi connectivity index (χ4n) is 25.0. The molecule has 8 heterocycles. The number of hydrogen-bond donors (Lipinski definition) is 0. The van der Waals surface area contributed by atoms with Crippen LogP contribution < -0.4 is 19.6 Å². The molecule has 8 heteroatoms. The zero-order chi connectivity index (χ0) is 95.0. The van der Waals surface area contributed by atoms with E-state index in [1.807, 2.05) is 0 Å². The maximum absolute atomic E-state index is 2.68. The van der Waals surface area contributed by atoms with Gasteiger partial charge in [-0.05, 0) is 260 Å². The molecule has 0 atom stereocenters. The first-order valence-electron chi connectivity index (χ1n) is 49.9. The normalized spacial score (nSPS) is 12.2. The number of aromatic nitrogens is 4. The van der Waals surface area contributed by atoms with Crippen LogP contribution in [0.4, 0.5) is 68.2 Å². The van der Waals surface area contributed by atoms with Gasteiger partial charge in [-0.3, -0.25) is 0 Å². The molecular weight excluding hydrogens is 1750 g/mol. The van der Waals surface area contributed by atoms with E-state index >= 15 is 0 Å². The Bertz CT molecular complexity index is 10400. The van der Waals surface area contributed by atoms with Gasteiger partial charge in [-0.1, -0.05) is 296 Å². The second-order valence-corrected chi connectivity index (χ2v) is 39.3. The topological polar surface area (TPSA) is 30.6 Å². The molecule has 0 N–H and O–H groups in total. The molecule has 0 unspecified atom stereocenters. The molecule has 0 saturated carbocycles. The molecule has 0 amide bonds. The Morgan fingerprint density at radius 1 is 0.132 bits per heavy atom. The van der Waals surface area contributed by atoms with Crippen LogP contribution in [0.25, 0.3) is 208 Å². The van der Waals surface area contributed by atoms with E-state index in [2.05, 4.69) is 538 Å². The van der Waals surface area contributed by atoms with Crippen molar-refractivity contribution < 1.29 is 0 Å². The van der Waals surface area contributed by atoms with Crippen LogP contribution in [0.15, 0.2) is 473 Å². The van der Waals surface area contributed by atoms with Gasteiger partial charge in [0, 0.05) is 177 Å². The van der Waals surface area contributed by atoms with Crippen LogP contribution in [0.2, 0.25) is 0 Å². The number of aryl methyl sites for hydroxylation is 4. The molecule has 0 saturated heterocycles. The largest absolute Gasteiger partial charge is 0.310 e. The minimum atomic E-state index is 1.07. The summed E-state index contributed by atoms with van der Waals surface area (Å²) in [5, 5.41) is 19.1. The summed E-state index contributed by atoms with van der Waals surface area (Å²) in [5.41, 5.74) is 43.4. The number of rotatable bonds is 17. The van der Waals surface area contributed by atoms with Gasteiger partial charge in [0.05, 0.1) is 66.2 Å². The van der Waals surface area contributed by atoms with Gasteiger partial charge in [-0.25, -0.2) is 0 Å². The molecule has 674 valence electrons. The number of para-hydroxylation sites is 7. The number of fused-ring (bicyclic) bond motifs is 24. The summed E-state index contributed by atoms with van der Waals surface area (Å²) >= 11 is 0. The number of benzene rings is 22. The highest BCUT2D eigenvalue weighted by Gasteiger charge is 2.36.